The Morgan fingerprint density at radius 1 is 1.21 bits per heavy atom. The monoisotopic (exact) mass is 199 g/mol. The van der Waals surface area contributed by atoms with Gasteiger partial charge in [0.15, 0.2) is 0 Å². The predicted octanol–water partition coefficient (Wildman–Crippen LogP) is 3.41. The van der Waals surface area contributed by atoms with Gasteiger partial charge in [0.05, 0.1) is 0 Å². The van der Waals surface area contributed by atoms with Crippen LogP contribution in [0.5, 0.6) is 0 Å². The first-order valence-electron chi connectivity index (χ1n) is 4.65. The molecule has 0 aromatic heterocycles. The molecule has 3 heteroatoms. The van der Waals surface area contributed by atoms with Crippen molar-refractivity contribution in [2.45, 2.75) is 26.2 Å². The molecule has 14 heavy (non-hydrogen) atoms. The molecule has 1 nitrogen and oxygen atoms in total. The van der Waals surface area contributed by atoms with Gasteiger partial charge in [0, 0.05) is 17.7 Å². The van der Waals surface area contributed by atoms with Crippen LogP contribution in [-0.4, -0.2) is 0 Å². The molecule has 0 radical (unpaired) electrons. The van der Waals surface area contributed by atoms with Gasteiger partial charge in [-0.3, -0.25) is 0 Å². The van der Waals surface area contributed by atoms with Crippen molar-refractivity contribution >= 4 is 5.69 Å². The van der Waals surface area contributed by atoms with Crippen molar-refractivity contribution < 1.29 is 8.78 Å². The van der Waals surface area contributed by atoms with Crippen LogP contribution in [0.1, 0.15) is 25.8 Å². The number of alkyl halides is 2. The van der Waals surface area contributed by atoms with Crippen molar-refractivity contribution in [1.29, 1.82) is 0 Å². The Kier molecular flexibility index (Phi) is 3.09. The standard InChI is InChI=1S/C11H15F2N/c1-8(2)7-11(12,13)9-3-5-10(14)6-4-9/h3-6,8H,7,14H2,1-2H3. The maximum atomic E-state index is 13.5. The van der Waals surface area contributed by atoms with Crippen LogP contribution in [0.2, 0.25) is 0 Å². The Morgan fingerprint density at radius 3 is 2.14 bits per heavy atom. The number of benzene rings is 1. The fraction of sp³-hybridized carbons (Fsp3) is 0.455. The molecule has 0 unspecified atom stereocenters. The molecule has 0 aliphatic heterocycles. The number of anilines is 1. The lowest BCUT2D eigenvalue weighted by Gasteiger charge is -2.18. The number of hydrogen-bond acceptors (Lipinski definition) is 1. The Hall–Kier alpha value is -1.12. The zero-order valence-corrected chi connectivity index (χ0v) is 8.43. The van der Waals surface area contributed by atoms with Crippen LogP contribution in [-0.2, 0) is 5.92 Å². The van der Waals surface area contributed by atoms with E-state index < -0.39 is 5.92 Å². The van der Waals surface area contributed by atoms with Crippen molar-refractivity contribution in [1.82, 2.24) is 0 Å². The summed E-state index contributed by atoms with van der Waals surface area (Å²) in [4.78, 5) is 0. The fourth-order valence-electron chi connectivity index (χ4n) is 1.36. The van der Waals surface area contributed by atoms with Gasteiger partial charge < -0.3 is 5.73 Å². The van der Waals surface area contributed by atoms with Crippen LogP contribution in [0.25, 0.3) is 0 Å². The summed E-state index contributed by atoms with van der Waals surface area (Å²) in [6, 6.07) is 5.78. The van der Waals surface area contributed by atoms with E-state index in [0.717, 1.165) is 0 Å². The summed E-state index contributed by atoms with van der Waals surface area (Å²) >= 11 is 0. The van der Waals surface area contributed by atoms with Crippen LogP contribution < -0.4 is 5.73 Å². The number of hydrogen-bond donors (Lipinski definition) is 1. The quantitative estimate of drug-likeness (QED) is 0.742. The van der Waals surface area contributed by atoms with E-state index in [1.165, 1.54) is 24.3 Å². The molecule has 0 fully saturated rings. The summed E-state index contributed by atoms with van der Waals surface area (Å²) < 4.78 is 27.0. The topological polar surface area (TPSA) is 26.0 Å². The Labute approximate surface area is 82.9 Å². The minimum atomic E-state index is -2.75. The van der Waals surface area contributed by atoms with Crippen molar-refractivity contribution in [3.05, 3.63) is 29.8 Å². The molecular formula is C11H15F2N. The van der Waals surface area contributed by atoms with Gasteiger partial charge in [-0.2, -0.15) is 0 Å². The maximum Gasteiger partial charge on any atom is 0.273 e. The van der Waals surface area contributed by atoms with E-state index in [1.807, 2.05) is 0 Å². The zero-order chi connectivity index (χ0) is 10.8. The van der Waals surface area contributed by atoms with Crippen LogP contribution in [0.4, 0.5) is 14.5 Å². The van der Waals surface area contributed by atoms with Crippen LogP contribution >= 0.6 is 0 Å². The average Bonchev–Trinajstić information content (AvgIpc) is 2.02. The molecule has 0 aliphatic carbocycles. The van der Waals surface area contributed by atoms with E-state index in [1.54, 1.807) is 13.8 Å². The first-order chi connectivity index (χ1) is 6.42. The van der Waals surface area contributed by atoms with Crippen molar-refractivity contribution in [2.75, 3.05) is 5.73 Å². The Bertz CT molecular complexity index is 291. The van der Waals surface area contributed by atoms with Gasteiger partial charge in [0.25, 0.3) is 5.92 Å². The van der Waals surface area contributed by atoms with E-state index in [2.05, 4.69) is 0 Å². The van der Waals surface area contributed by atoms with E-state index in [0.29, 0.717) is 5.69 Å². The highest BCUT2D eigenvalue weighted by atomic mass is 19.3. The molecule has 1 rings (SSSR count). The third kappa shape index (κ3) is 2.69. The summed E-state index contributed by atoms with van der Waals surface area (Å²) in [5, 5.41) is 0. The van der Waals surface area contributed by atoms with E-state index in [9.17, 15) is 8.78 Å². The Morgan fingerprint density at radius 2 is 1.71 bits per heavy atom. The predicted molar refractivity (Wildman–Crippen MR) is 54.2 cm³/mol. The van der Waals surface area contributed by atoms with Crippen LogP contribution in [0.15, 0.2) is 24.3 Å². The molecule has 1 aromatic rings. The molecule has 0 bridgehead atoms. The Balaban J connectivity index is 2.86. The highest BCUT2D eigenvalue weighted by molar-refractivity contribution is 5.40. The largest absolute Gasteiger partial charge is 0.399 e. The van der Waals surface area contributed by atoms with Gasteiger partial charge in [-0.05, 0) is 18.1 Å². The molecule has 0 atom stereocenters. The SMILES string of the molecule is CC(C)CC(F)(F)c1ccc(N)cc1. The van der Waals surface area contributed by atoms with E-state index in [-0.39, 0.29) is 17.9 Å². The normalized spacial score (nSPS) is 12.1. The zero-order valence-electron chi connectivity index (χ0n) is 8.43. The minimum absolute atomic E-state index is 0.0254. The smallest absolute Gasteiger partial charge is 0.273 e. The van der Waals surface area contributed by atoms with Gasteiger partial charge in [0.2, 0.25) is 0 Å². The molecule has 0 aliphatic rings. The van der Waals surface area contributed by atoms with E-state index >= 15 is 0 Å². The van der Waals surface area contributed by atoms with Crippen molar-refractivity contribution in [2.24, 2.45) is 5.92 Å². The summed E-state index contributed by atoms with van der Waals surface area (Å²) in [7, 11) is 0. The first kappa shape index (κ1) is 11.0. The highest BCUT2D eigenvalue weighted by Crippen LogP contribution is 2.34. The molecule has 0 saturated heterocycles. The fourth-order valence-corrected chi connectivity index (χ4v) is 1.36. The van der Waals surface area contributed by atoms with Gasteiger partial charge in [-0.1, -0.05) is 26.0 Å². The third-order valence-corrected chi connectivity index (χ3v) is 2.00. The lowest BCUT2D eigenvalue weighted by molar-refractivity contribution is -0.0249. The second-order valence-corrected chi connectivity index (χ2v) is 3.92. The summed E-state index contributed by atoms with van der Waals surface area (Å²) in [6.07, 6.45) is -0.128. The molecule has 1 aromatic carbocycles. The second-order valence-electron chi connectivity index (χ2n) is 3.92. The number of rotatable bonds is 3. The lowest BCUT2D eigenvalue weighted by Crippen LogP contribution is -2.16. The average molecular weight is 199 g/mol. The summed E-state index contributed by atoms with van der Waals surface area (Å²) in [6.45, 7) is 3.57. The number of halogens is 2. The van der Waals surface area contributed by atoms with Gasteiger partial charge in [0.1, 0.15) is 0 Å². The molecular weight excluding hydrogens is 184 g/mol. The first-order valence-corrected chi connectivity index (χ1v) is 4.65. The summed E-state index contributed by atoms with van der Waals surface area (Å²) in [5.74, 6) is -2.77. The maximum absolute atomic E-state index is 13.5. The highest BCUT2D eigenvalue weighted by Gasteiger charge is 2.31. The van der Waals surface area contributed by atoms with Crippen LogP contribution in [0.3, 0.4) is 0 Å². The lowest BCUT2D eigenvalue weighted by atomic mass is 9.98. The van der Waals surface area contributed by atoms with Gasteiger partial charge >= 0.3 is 0 Å². The number of nitrogen functional groups attached to an aromatic ring is 1. The second kappa shape index (κ2) is 3.95. The van der Waals surface area contributed by atoms with Crippen molar-refractivity contribution in [3.8, 4) is 0 Å². The van der Waals surface area contributed by atoms with Gasteiger partial charge in [-0.15, -0.1) is 0 Å². The summed E-state index contributed by atoms with van der Waals surface area (Å²) in [5.41, 5.74) is 5.98. The molecule has 78 valence electrons. The minimum Gasteiger partial charge on any atom is -0.399 e. The number of nitrogens with two attached hydrogens (primary N) is 1. The molecule has 0 heterocycles. The van der Waals surface area contributed by atoms with Gasteiger partial charge in [-0.25, -0.2) is 8.78 Å². The van der Waals surface area contributed by atoms with Crippen LogP contribution in [0, 0.1) is 5.92 Å². The molecule has 0 amide bonds. The molecule has 2 N–H and O–H groups in total. The van der Waals surface area contributed by atoms with E-state index in [4.69, 9.17) is 5.73 Å². The van der Waals surface area contributed by atoms with Crippen molar-refractivity contribution in [3.63, 3.8) is 0 Å². The third-order valence-electron chi connectivity index (χ3n) is 2.00. The molecule has 0 spiro atoms. The molecule has 0 saturated carbocycles.